The van der Waals surface area contributed by atoms with Gasteiger partial charge >= 0.3 is 12.1 Å². The lowest BCUT2D eigenvalue weighted by Crippen LogP contribution is -2.45. The quantitative estimate of drug-likeness (QED) is 0.258. The molecule has 0 aliphatic rings. The standard InChI is InChI=1S/C18H19N9O3/c19-16(28)26(21)15-14(24-25-18(23-15)27(22)17(20)29)12-8-4-5-9-13(12)30-10-11-6-2-1-3-7-11/h1-9H,10,21-22H2,(H2,19,28)(H2,20,29). The number of hydrogen-bond donors (Lipinski definition) is 4. The summed E-state index contributed by atoms with van der Waals surface area (Å²) in [7, 11) is 0. The summed E-state index contributed by atoms with van der Waals surface area (Å²) in [6.07, 6.45) is 0. The average molecular weight is 409 g/mol. The SMILES string of the molecule is NC(=O)N(N)c1nnc(-c2ccccc2OCc2ccccc2)c(N(N)C(N)=O)n1. The molecule has 0 aliphatic carbocycles. The largest absolute Gasteiger partial charge is 0.488 e. The molecule has 0 bridgehead atoms. The Hall–Kier alpha value is -4.29. The van der Waals surface area contributed by atoms with E-state index in [-0.39, 0.29) is 24.1 Å². The second kappa shape index (κ2) is 8.81. The molecule has 1 aromatic heterocycles. The number of nitrogens with two attached hydrogens (primary N) is 4. The zero-order valence-corrected chi connectivity index (χ0v) is 15.7. The van der Waals surface area contributed by atoms with E-state index in [2.05, 4.69) is 15.2 Å². The van der Waals surface area contributed by atoms with Gasteiger partial charge in [0.15, 0.2) is 5.82 Å². The Balaban J connectivity index is 2.04. The Morgan fingerprint density at radius 2 is 1.50 bits per heavy atom. The average Bonchev–Trinajstić information content (AvgIpc) is 2.77. The van der Waals surface area contributed by atoms with Crippen LogP contribution in [0, 0.1) is 0 Å². The van der Waals surface area contributed by atoms with Crippen LogP contribution in [0.3, 0.4) is 0 Å². The van der Waals surface area contributed by atoms with Crippen molar-refractivity contribution in [2.75, 3.05) is 10.0 Å². The smallest absolute Gasteiger partial charge is 0.336 e. The molecule has 0 saturated heterocycles. The minimum Gasteiger partial charge on any atom is -0.488 e. The number of ether oxygens (including phenoxy) is 1. The van der Waals surface area contributed by atoms with E-state index >= 15 is 0 Å². The van der Waals surface area contributed by atoms with Crippen molar-refractivity contribution in [3.8, 4) is 17.0 Å². The molecular formula is C18H19N9O3. The van der Waals surface area contributed by atoms with Crippen molar-refractivity contribution in [1.82, 2.24) is 15.2 Å². The lowest BCUT2D eigenvalue weighted by atomic mass is 10.1. The zero-order valence-electron chi connectivity index (χ0n) is 15.7. The molecule has 30 heavy (non-hydrogen) atoms. The van der Waals surface area contributed by atoms with Gasteiger partial charge in [-0.1, -0.05) is 42.5 Å². The van der Waals surface area contributed by atoms with Gasteiger partial charge in [0.2, 0.25) is 0 Å². The highest BCUT2D eigenvalue weighted by Gasteiger charge is 2.23. The molecule has 3 aromatic rings. The van der Waals surface area contributed by atoms with Crippen LogP contribution in [0.1, 0.15) is 5.56 Å². The van der Waals surface area contributed by atoms with Crippen LogP contribution in [0.4, 0.5) is 21.4 Å². The van der Waals surface area contributed by atoms with E-state index in [4.69, 9.17) is 27.9 Å². The van der Waals surface area contributed by atoms with Crippen molar-refractivity contribution in [2.24, 2.45) is 23.2 Å². The van der Waals surface area contributed by atoms with Crippen molar-refractivity contribution in [2.45, 2.75) is 6.61 Å². The van der Waals surface area contributed by atoms with Crippen LogP contribution < -0.4 is 37.9 Å². The summed E-state index contributed by atoms with van der Waals surface area (Å²) in [5, 5.41) is 8.81. The molecule has 0 fully saturated rings. The maximum atomic E-state index is 11.7. The number of benzene rings is 2. The molecule has 0 radical (unpaired) electrons. The number of anilines is 2. The van der Waals surface area contributed by atoms with Gasteiger partial charge in [0, 0.05) is 5.56 Å². The van der Waals surface area contributed by atoms with Gasteiger partial charge in [-0.15, -0.1) is 10.2 Å². The zero-order chi connectivity index (χ0) is 21.7. The van der Waals surface area contributed by atoms with E-state index < -0.39 is 12.1 Å². The summed E-state index contributed by atoms with van der Waals surface area (Å²) in [4.78, 5) is 27.0. The monoisotopic (exact) mass is 409 g/mol. The third-order valence-corrected chi connectivity index (χ3v) is 3.96. The fraction of sp³-hybridized carbons (Fsp3) is 0.0556. The van der Waals surface area contributed by atoms with Crippen LogP contribution >= 0.6 is 0 Å². The van der Waals surface area contributed by atoms with Crippen LogP contribution in [0.15, 0.2) is 54.6 Å². The number of carbonyl (C=O) groups is 2. The lowest BCUT2D eigenvalue weighted by molar-refractivity contribution is 0.253. The maximum absolute atomic E-state index is 11.7. The summed E-state index contributed by atoms with van der Waals surface area (Å²) >= 11 is 0. The number of carbonyl (C=O) groups excluding carboxylic acids is 2. The molecule has 0 atom stereocenters. The molecule has 0 spiro atoms. The molecule has 1 heterocycles. The first kappa shape index (κ1) is 20.4. The van der Waals surface area contributed by atoms with Gasteiger partial charge in [0.05, 0.1) is 0 Å². The highest BCUT2D eigenvalue weighted by atomic mass is 16.5. The molecule has 12 heteroatoms. The number of rotatable bonds is 6. The van der Waals surface area contributed by atoms with Crippen LogP contribution in [-0.4, -0.2) is 27.2 Å². The number of aromatic nitrogens is 3. The van der Waals surface area contributed by atoms with Gasteiger partial charge in [-0.3, -0.25) is 0 Å². The van der Waals surface area contributed by atoms with Crippen molar-refractivity contribution in [3.63, 3.8) is 0 Å². The second-order valence-corrected chi connectivity index (χ2v) is 5.97. The molecular weight excluding hydrogens is 390 g/mol. The number of para-hydroxylation sites is 1. The van der Waals surface area contributed by atoms with E-state index in [0.717, 1.165) is 5.56 Å². The van der Waals surface area contributed by atoms with Crippen LogP contribution in [0.2, 0.25) is 0 Å². The maximum Gasteiger partial charge on any atom is 0.336 e. The number of hydrogen-bond acceptors (Lipinski definition) is 8. The molecule has 0 aliphatic heterocycles. The minimum absolute atomic E-state index is 0.0848. The summed E-state index contributed by atoms with van der Waals surface area (Å²) in [6, 6.07) is 14.4. The Kier molecular flexibility index (Phi) is 6.00. The molecule has 2 aromatic carbocycles. The Morgan fingerprint density at radius 1 is 0.867 bits per heavy atom. The van der Waals surface area contributed by atoms with E-state index in [9.17, 15) is 9.59 Å². The first-order chi connectivity index (χ1) is 14.4. The topological polar surface area (TPSA) is 193 Å². The first-order valence-electron chi connectivity index (χ1n) is 8.58. The van der Waals surface area contributed by atoms with Gasteiger partial charge in [-0.25, -0.2) is 26.3 Å². The number of primary amides is 2. The second-order valence-electron chi connectivity index (χ2n) is 5.97. The van der Waals surface area contributed by atoms with Crippen LogP contribution in [0.5, 0.6) is 5.75 Å². The highest BCUT2D eigenvalue weighted by Crippen LogP contribution is 2.34. The molecule has 154 valence electrons. The van der Waals surface area contributed by atoms with E-state index in [0.29, 0.717) is 21.3 Å². The van der Waals surface area contributed by atoms with E-state index in [1.165, 1.54) is 0 Å². The number of hydrazine groups is 2. The van der Waals surface area contributed by atoms with Gasteiger partial charge in [-0.05, 0) is 17.7 Å². The molecule has 8 N–H and O–H groups in total. The number of urea groups is 2. The van der Waals surface area contributed by atoms with Crippen molar-refractivity contribution in [3.05, 3.63) is 60.2 Å². The Labute approximate surface area is 171 Å². The highest BCUT2D eigenvalue weighted by molar-refractivity contribution is 5.94. The number of nitrogens with zero attached hydrogens (tertiary/aromatic N) is 5. The van der Waals surface area contributed by atoms with Crippen molar-refractivity contribution < 1.29 is 14.3 Å². The predicted octanol–water partition coefficient (Wildman–Crippen LogP) is 0.635. The molecule has 0 unspecified atom stereocenters. The third-order valence-electron chi connectivity index (χ3n) is 3.96. The molecule has 12 nitrogen and oxygen atoms in total. The molecule has 0 saturated carbocycles. The Morgan fingerprint density at radius 3 is 2.17 bits per heavy atom. The van der Waals surface area contributed by atoms with Crippen molar-refractivity contribution in [1.29, 1.82) is 0 Å². The van der Waals surface area contributed by atoms with Gasteiger partial charge in [0.25, 0.3) is 5.95 Å². The fourth-order valence-corrected chi connectivity index (χ4v) is 2.48. The third kappa shape index (κ3) is 4.40. The minimum atomic E-state index is -1.04. The van der Waals surface area contributed by atoms with Crippen molar-refractivity contribution >= 4 is 23.8 Å². The van der Waals surface area contributed by atoms with Crippen LogP contribution in [-0.2, 0) is 6.61 Å². The summed E-state index contributed by atoms with van der Waals surface area (Å²) in [5.74, 6) is 11.1. The predicted molar refractivity (Wildman–Crippen MR) is 109 cm³/mol. The van der Waals surface area contributed by atoms with Gasteiger partial charge in [-0.2, -0.15) is 9.99 Å². The normalized spacial score (nSPS) is 10.3. The van der Waals surface area contributed by atoms with Gasteiger partial charge in [0.1, 0.15) is 18.1 Å². The summed E-state index contributed by atoms with van der Waals surface area (Å²) in [5.41, 5.74) is 11.9. The lowest BCUT2D eigenvalue weighted by Gasteiger charge is -2.19. The van der Waals surface area contributed by atoms with Crippen LogP contribution in [0.25, 0.3) is 11.3 Å². The molecule has 3 rings (SSSR count). The summed E-state index contributed by atoms with van der Waals surface area (Å²) in [6.45, 7) is 0.284. The molecule has 4 amide bonds. The first-order valence-corrected chi connectivity index (χ1v) is 8.58. The van der Waals surface area contributed by atoms with Gasteiger partial charge < -0.3 is 16.2 Å². The summed E-state index contributed by atoms with van der Waals surface area (Å²) < 4.78 is 5.91. The fourth-order valence-electron chi connectivity index (χ4n) is 2.48. The van der Waals surface area contributed by atoms with E-state index in [1.54, 1.807) is 24.3 Å². The van der Waals surface area contributed by atoms with E-state index in [1.807, 2.05) is 30.3 Å². The number of amides is 4. The Bertz CT molecular complexity index is 1060.